The number of nitrogens with zero attached hydrogens (tertiary/aromatic N) is 2. The standard InChI is InChI=1S/C13H15N3O3/c1-9-7-15-16(8-9)5-4-14-13(19)11-3-2-10(17)6-12(11)18/h2-3,6-8,17-18H,4-5H2,1H3,(H,14,19). The molecule has 19 heavy (non-hydrogen) atoms. The zero-order valence-corrected chi connectivity index (χ0v) is 10.5. The summed E-state index contributed by atoms with van der Waals surface area (Å²) in [4.78, 5) is 11.8. The molecule has 0 aliphatic heterocycles. The smallest absolute Gasteiger partial charge is 0.255 e. The van der Waals surface area contributed by atoms with Gasteiger partial charge in [0, 0.05) is 18.8 Å². The van der Waals surface area contributed by atoms with Crippen LogP contribution in [-0.4, -0.2) is 32.4 Å². The van der Waals surface area contributed by atoms with E-state index in [2.05, 4.69) is 10.4 Å². The normalized spacial score (nSPS) is 10.4. The summed E-state index contributed by atoms with van der Waals surface area (Å²) < 4.78 is 1.73. The van der Waals surface area contributed by atoms with Crippen molar-refractivity contribution in [2.75, 3.05) is 6.54 Å². The number of amides is 1. The van der Waals surface area contributed by atoms with Crippen LogP contribution in [0, 0.1) is 6.92 Å². The fraction of sp³-hybridized carbons (Fsp3) is 0.231. The first kappa shape index (κ1) is 12.9. The lowest BCUT2D eigenvalue weighted by Crippen LogP contribution is -2.27. The highest BCUT2D eigenvalue weighted by Crippen LogP contribution is 2.22. The van der Waals surface area contributed by atoms with E-state index in [0.717, 1.165) is 11.6 Å². The SMILES string of the molecule is Cc1cnn(CCNC(=O)c2ccc(O)cc2O)c1. The van der Waals surface area contributed by atoms with Gasteiger partial charge < -0.3 is 15.5 Å². The summed E-state index contributed by atoms with van der Waals surface area (Å²) in [6.07, 6.45) is 3.62. The van der Waals surface area contributed by atoms with Crippen LogP contribution in [0.1, 0.15) is 15.9 Å². The van der Waals surface area contributed by atoms with E-state index in [0.29, 0.717) is 13.1 Å². The van der Waals surface area contributed by atoms with Gasteiger partial charge in [0.15, 0.2) is 0 Å². The number of phenols is 2. The van der Waals surface area contributed by atoms with Crippen molar-refractivity contribution in [1.29, 1.82) is 0 Å². The second-order valence-electron chi connectivity index (χ2n) is 4.24. The van der Waals surface area contributed by atoms with Crippen molar-refractivity contribution in [3.8, 4) is 11.5 Å². The molecule has 1 heterocycles. The molecule has 6 nitrogen and oxygen atoms in total. The van der Waals surface area contributed by atoms with E-state index in [1.54, 1.807) is 10.9 Å². The number of hydrogen-bond donors (Lipinski definition) is 3. The molecule has 0 spiro atoms. The molecule has 0 saturated carbocycles. The van der Waals surface area contributed by atoms with Crippen LogP contribution in [0.3, 0.4) is 0 Å². The first-order valence-electron chi connectivity index (χ1n) is 5.85. The second-order valence-corrected chi connectivity index (χ2v) is 4.24. The number of carbonyl (C=O) groups excluding carboxylic acids is 1. The van der Waals surface area contributed by atoms with E-state index < -0.39 is 0 Å². The van der Waals surface area contributed by atoms with Crippen LogP contribution in [0.5, 0.6) is 11.5 Å². The average Bonchev–Trinajstić information content (AvgIpc) is 2.75. The van der Waals surface area contributed by atoms with Crippen molar-refractivity contribution in [2.24, 2.45) is 0 Å². The molecular formula is C13H15N3O3. The van der Waals surface area contributed by atoms with E-state index in [4.69, 9.17) is 5.11 Å². The number of aromatic nitrogens is 2. The maximum atomic E-state index is 11.8. The van der Waals surface area contributed by atoms with Gasteiger partial charge in [0.25, 0.3) is 5.91 Å². The molecule has 0 saturated heterocycles. The van der Waals surface area contributed by atoms with E-state index >= 15 is 0 Å². The molecule has 0 radical (unpaired) electrons. The molecule has 100 valence electrons. The zero-order chi connectivity index (χ0) is 13.8. The molecule has 0 aliphatic rings. The summed E-state index contributed by atoms with van der Waals surface area (Å²) in [5, 5.41) is 25.5. The molecule has 0 bridgehead atoms. The number of phenolic OH excluding ortho intramolecular Hbond substituents is 2. The molecule has 2 rings (SSSR count). The van der Waals surface area contributed by atoms with Gasteiger partial charge in [0.1, 0.15) is 11.5 Å². The highest BCUT2D eigenvalue weighted by Gasteiger charge is 2.10. The highest BCUT2D eigenvalue weighted by molar-refractivity contribution is 5.96. The third-order valence-electron chi connectivity index (χ3n) is 2.61. The molecule has 1 aromatic heterocycles. The highest BCUT2D eigenvalue weighted by atomic mass is 16.3. The van der Waals surface area contributed by atoms with Crippen LogP contribution < -0.4 is 5.32 Å². The van der Waals surface area contributed by atoms with Crippen molar-refractivity contribution < 1.29 is 15.0 Å². The lowest BCUT2D eigenvalue weighted by molar-refractivity contribution is 0.0949. The lowest BCUT2D eigenvalue weighted by atomic mass is 10.2. The molecular weight excluding hydrogens is 246 g/mol. The van der Waals surface area contributed by atoms with Crippen LogP contribution in [0.4, 0.5) is 0 Å². The molecule has 0 atom stereocenters. The van der Waals surface area contributed by atoms with Gasteiger partial charge in [-0.15, -0.1) is 0 Å². The third kappa shape index (κ3) is 3.25. The molecule has 0 fully saturated rings. The van der Waals surface area contributed by atoms with Gasteiger partial charge in [0.05, 0.1) is 18.3 Å². The van der Waals surface area contributed by atoms with Gasteiger partial charge >= 0.3 is 0 Å². The number of hydrogen-bond acceptors (Lipinski definition) is 4. The van der Waals surface area contributed by atoms with Crippen LogP contribution in [-0.2, 0) is 6.54 Å². The predicted octanol–water partition coefficient (Wildman–Crippen LogP) is 1.03. The Morgan fingerprint density at radius 1 is 1.42 bits per heavy atom. The minimum Gasteiger partial charge on any atom is -0.508 e. The van der Waals surface area contributed by atoms with Gasteiger partial charge in [-0.1, -0.05) is 0 Å². The maximum absolute atomic E-state index is 11.8. The van der Waals surface area contributed by atoms with Gasteiger partial charge in [-0.25, -0.2) is 0 Å². The molecule has 6 heteroatoms. The molecule has 1 aromatic carbocycles. The predicted molar refractivity (Wildman–Crippen MR) is 69.1 cm³/mol. The molecule has 0 aliphatic carbocycles. The molecule has 1 amide bonds. The summed E-state index contributed by atoms with van der Waals surface area (Å²) >= 11 is 0. The Labute approximate surface area is 110 Å². The van der Waals surface area contributed by atoms with Gasteiger partial charge in [-0.3, -0.25) is 9.48 Å². The Bertz CT molecular complexity index is 593. The van der Waals surface area contributed by atoms with Crippen LogP contribution >= 0.6 is 0 Å². The van der Waals surface area contributed by atoms with E-state index in [9.17, 15) is 9.90 Å². The number of benzene rings is 1. The largest absolute Gasteiger partial charge is 0.508 e. The third-order valence-corrected chi connectivity index (χ3v) is 2.61. The van der Waals surface area contributed by atoms with Crippen LogP contribution in [0.15, 0.2) is 30.6 Å². The Kier molecular flexibility index (Phi) is 3.70. The zero-order valence-electron chi connectivity index (χ0n) is 10.5. The van der Waals surface area contributed by atoms with Crippen molar-refractivity contribution in [2.45, 2.75) is 13.5 Å². The Balaban J connectivity index is 1.90. The summed E-state index contributed by atoms with van der Waals surface area (Å²) in [7, 11) is 0. The van der Waals surface area contributed by atoms with Crippen molar-refractivity contribution in [1.82, 2.24) is 15.1 Å². The lowest BCUT2D eigenvalue weighted by Gasteiger charge is -2.07. The number of nitrogens with one attached hydrogen (secondary N) is 1. The number of aromatic hydroxyl groups is 2. The van der Waals surface area contributed by atoms with E-state index in [-0.39, 0.29) is 23.0 Å². The topological polar surface area (TPSA) is 87.4 Å². The summed E-state index contributed by atoms with van der Waals surface area (Å²) in [5.41, 5.74) is 1.19. The molecule has 3 N–H and O–H groups in total. The minimum atomic E-state index is -0.388. The quantitative estimate of drug-likeness (QED) is 0.767. The average molecular weight is 261 g/mol. The first-order valence-corrected chi connectivity index (χ1v) is 5.85. The molecule has 0 unspecified atom stereocenters. The monoisotopic (exact) mass is 261 g/mol. The second kappa shape index (κ2) is 5.43. The fourth-order valence-corrected chi connectivity index (χ4v) is 1.68. The first-order chi connectivity index (χ1) is 9.06. The number of carbonyl (C=O) groups is 1. The van der Waals surface area contributed by atoms with E-state index in [1.165, 1.54) is 12.1 Å². The van der Waals surface area contributed by atoms with Crippen molar-refractivity contribution in [3.05, 3.63) is 41.7 Å². The fourth-order valence-electron chi connectivity index (χ4n) is 1.68. The maximum Gasteiger partial charge on any atom is 0.255 e. The Morgan fingerprint density at radius 2 is 2.21 bits per heavy atom. The number of aryl methyl sites for hydroxylation is 1. The Hall–Kier alpha value is -2.50. The van der Waals surface area contributed by atoms with Gasteiger partial charge in [0.2, 0.25) is 0 Å². The van der Waals surface area contributed by atoms with Crippen LogP contribution in [0.25, 0.3) is 0 Å². The van der Waals surface area contributed by atoms with E-state index in [1.807, 2.05) is 13.1 Å². The summed E-state index contributed by atoms with van der Waals surface area (Å²) in [5.74, 6) is -0.713. The summed E-state index contributed by atoms with van der Waals surface area (Å²) in [6, 6.07) is 3.86. The van der Waals surface area contributed by atoms with Crippen molar-refractivity contribution >= 4 is 5.91 Å². The molecule has 2 aromatic rings. The van der Waals surface area contributed by atoms with Gasteiger partial charge in [-0.2, -0.15) is 5.10 Å². The van der Waals surface area contributed by atoms with Crippen molar-refractivity contribution in [3.63, 3.8) is 0 Å². The number of rotatable bonds is 4. The summed E-state index contributed by atoms with van der Waals surface area (Å²) in [6.45, 7) is 2.90. The van der Waals surface area contributed by atoms with Crippen LogP contribution in [0.2, 0.25) is 0 Å². The van der Waals surface area contributed by atoms with Gasteiger partial charge in [-0.05, 0) is 24.6 Å². The Morgan fingerprint density at radius 3 is 2.84 bits per heavy atom. The minimum absolute atomic E-state index is 0.0823.